The first-order valence-corrected chi connectivity index (χ1v) is 10.3. The summed E-state index contributed by atoms with van der Waals surface area (Å²) in [5, 5.41) is 5.32. The molecule has 0 atom stereocenters. The van der Waals surface area contributed by atoms with Crippen LogP contribution in [-0.2, 0) is 0 Å². The molecule has 1 saturated carbocycles. The maximum absolute atomic E-state index is 3.57. The van der Waals surface area contributed by atoms with E-state index < -0.39 is 0 Å². The van der Waals surface area contributed by atoms with Gasteiger partial charge < -0.3 is 4.57 Å². The highest BCUT2D eigenvalue weighted by Gasteiger charge is 2.24. The average Bonchev–Trinajstić information content (AvgIpc) is 3.50. The van der Waals surface area contributed by atoms with Crippen molar-refractivity contribution < 1.29 is 0 Å². The Morgan fingerprint density at radius 2 is 1.56 bits per heavy atom. The van der Waals surface area contributed by atoms with Crippen LogP contribution in [0.2, 0.25) is 0 Å². The molecule has 0 N–H and O–H groups in total. The standard InChI is InChI=1S/C25H18BrN/c26-19-9-11-20(12-10-19)27-23-14-8-17-3-1-2-4-21(17)25(23)22-13-7-18(15-24(22)27)16-5-6-16/h1-4,7-16H,5-6H2. The molecule has 1 nitrogen and oxygen atoms in total. The van der Waals surface area contributed by atoms with Crippen LogP contribution in [0.3, 0.4) is 0 Å². The Hall–Kier alpha value is -2.58. The van der Waals surface area contributed by atoms with Crippen LogP contribution >= 0.6 is 15.9 Å². The van der Waals surface area contributed by atoms with Crippen molar-refractivity contribution in [3.8, 4) is 5.69 Å². The first kappa shape index (κ1) is 15.5. The van der Waals surface area contributed by atoms with E-state index in [1.807, 2.05) is 0 Å². The maximum Gasteiger partial charge on any atom is 0.0547 e. The lowest BCUT2D eigenvalue weighted by molar-refractivity contribution is 1.12. The van der Waals surface area contributed by atoms with Crippen LogP contribution in [0.25, 0.3) is 38.3 Å². The fourth-order valence-electron chi connectivity index (χ4n) is 4.34. The minimum atomic E-state index is 0.752. The summed E-state index contributed by atoms with van der Waals surface area (Å²) in [7, 11) is 0. The maximum atomic E-state index is 3.57. The van der Waals surface area contributed by atoms with Gasteiger partial charge in [0.2, 0.25) is 0 Å². The third-order valence-corrected chi connectivity index (χ3v) is 6.34. The number of hydrogen-bond acceptors (Lipinski definition) is 0. The molecular formula is C25H18BrN. The van der Waals surface area contributed by atoms with Crippen molar-refractivity contribution in [1.29, 1.82) is 0 Å². The quantitative estimate of drug-likeness (QED) is 0.282. The number of aromatic nitrogens is 1. The second-order valence-electron chi connectivity index (χ2n) is 7.54. The smallest absolute Gasteiger partial charge is 0.0547 e. The Balaban J connectivity index is 1.80. The molecule has 4 aromatic carbocycles. The molecule has 1 fully saturated rings. The lowest BCUT2D eigenvalue weighted by atomic mass is 10.0. The number of fused-ring (bicyclic) bond motifs is 5. The first-order chi connectivity index (χ1) is 13.3. The van der Waals surface area contributed by atoms with Gasteiger partial charge in [0.05, 0.1) is 11.0 Å². The fraction of sp³-hybridized carbons (Fsp3) is 0.120. The van der Waals surface area contributed by atoms with E-state index in [-0.39, 0.29) is 0 Å². The second kappa shape index (κ2) is 5.71. The summed E-state index contributed by atoms with van der Waals surface area (Å²) in [5.74, 6) is 0.752. The lowest BCUT2D eigenvalue weighted by Crippen LogP contribution is -1.94. The van der Waals surface area contributed by atoms with Crippen LogP contribution in [0.4, 0.5) is 0 Å². The van der Waals surface area contributed by atoms with Gasteiger partial charge in [0, 0.05) is 20.9 Å². The lowest BCUT2D eigenvalue weighted by Gasteiger charge is -2.09. The van der Waals surface area contributed by atoms with Crippen LogP contribution in [0, 0.1) is 0 Å². The first-order valence-electron chi connectivity index (χ1n) is 9.51. The van der Waals surface area contributed by atoms with Gasteiger partial charge in [0.1, 0.15) is 0 Å². The molecule has 0 amide bonds. The van der Waals surface area contributed by atoms with Crippen molar-refractivity contribution in [2.24, 2.45) is 0 Å². The number of benzene rings is 4. The Labute approximate surface area is 166 Å². The van der Waals surface area contributed by atoms with Gasteiger partial charge in [-0.1, -0.05) is 58.4 Å². The molecule has 0 bridgehead atoms. The van der Waals surface area contributed by atoms with Crippen molar-refractivity contribution in [2.75, 3.05) is 0 Å². The van der Waals surface area contributed by atoms with E-state index in [1.54, 1.807) is 0 Å². The predicted molar refractivity (Wildman–Crippen MR) is 118 cm³/mol. The Bertz CT molecular complexity index is 1320. The topological polar surface area (TPSA) is 4.93 Å². The number of halogens is 1. The average molecular weight is 412 g/mol. The molecular weight excluding hydrogens is 394 g/mol. The van der Waals surface area contributed by atoms with E-state index in [0.717, 1.165) is 10.4 Å². The molecule has 130 valence electrons. The Kier molecular flexibility index (Phi) is 3.27. The van der Waals surface area contributed by atoms with Gasteiger partial charge in [0.15, 0.2) is 0 Å². The Morgan fingerprint density at radius 3 is 2.37 bits per heavy atom. The summed E-state index contributed by atoms with van der Waals surface area (Å²) in [6, 6.07) is 29.0. The molecule has 1 aliphatic carbocycles. The molecule has 1 aromatic heterocycles. The molecule has 0 spiro atoms. The van der Waals surface area contributed by atoms with Gasteiger partial charge in [-0.3, -0.25) is 0 Å². The summed E-state index contributed by atoms with van der Waals surface area (Å²) in [4.78, 5) is 0. The van der Waals surface area contributed by atoms with Crippen LogP contribution in [0.5, 0.6) is 0 Å². The van der Waals surface area contributed by atoms with E-state index in [0.29, 0.717) is 0 Å². The van der Waals surface area contributed by atoms with Crippen LogP contribution < -0.4 is 0 Å². The van der Waals surface area contributed by atoms with Crippen molar-refractivity contribution in [3.63, 3.8) is 0 Å². The molecule has 0 radical (unpaired) electrons. The monoisotopic (exact) mass is 411 g/mol. The number of nitrogens with zero attached hydrogens (tertiary/aromatic N) is 1. The molecule has 0 unspecified atom stereocenters. The summed E-state index contributed by atoms with van der Waals surface area (Å²) >= 11 is 3.57. The summed E-state index contributed by atoms with van der Waals surface area (Å²) in [6.45, 7) is 0. The van der Waals surface area contributed by atoms with Gasteiger partial charge in [0.25, 0.3) is 0 Å². The van der Waals surface area contributed by atoms with Gasteiger partial charge in [-0.25, -0.2) is 0 Å². The molecule has 2 heteroatoms. The predicted octanol–water partition coefficient (Wildman–Crippen LogP) is 7.58. The van der Waals surface area contributed by atoms with Crippen LogP contribution in [0.1, 0.15) is 24.3 Å². The zero-order chi connectivity index (χ0) is 18.0. The molecule has 1 heterocycles. The normalized spacial score (nSPS) is 14.4. The van der Waals surface area contributed by atoms with Crippen molar-refractivity contribution in [3.05, 3.63) is 88.9 Å². The molecule has 1 aliphatic rings. The van der Waals surface area contributed by atoms with Gasteiger partial charge >= 0.3 is 0 Å². The molecule has 27 heavy (non-hydrogen) atoms. The van der Waals surface area contributed by atoms with Crippen molar-refractivity contribution in [2.45, 2.75) is 18.8 Å². The van der Waals surface area contributed by atoms with E-state index in [9.17, 15) is 0 Å². The highest BCUT2D eigenvalue weighted by molar-refractivity contribution is 9.10. The van der Waals surface area contributed by atoms with E-state index >= 15 is 0 Å². The SMILES string of the molecule is Brc1ccc(-n2c3cc(C4CC4)ccc3c3c4ccccc4ccc32)cc1. The zero-order valence-corrected chi connectivity index (χ0v) is 16.4. The summed E-state index contributed by atoms with van der Waals surface area (Å²) in [5.41, 5.74) is 5.28. The summed E-state index contributed by atoms with van der Waals surface area (Å²) < 4.78 is 3.53. The van der Waals surface area contributed by atoms with E-state index in [4.69, 9.17) is 0 Å². The van der Waals surface area contributed by atoms with E-state index in [2.05, 4.69) is 99.4 Å². The zero-order valence-electron chi connectivity index (χ0n) is 14.8. The van der Waals surface area contributed by atoms with Crippen molar-refractivity contribution in [1.82, 2.24) is 4.57 Å². The molecule has 6 rings (SSSR count). The minimum Gasteiger partial charge on any atom is -0.309 e. The highest BCUT2D eigenvalue weighted by atomic mass is 79.9. The largest absolute Gasteiger partial charge is 0.309 e. The Morgan fingerprint density at radius 1 is 0.741 bits per heavy atom. The minimum absolute atomic E-state index is 0.752. The van der Waals surface area contributed by atoms with Crippen LogP contribution in [0.15, 0.2) is 83.3 Å². The summed E-state index contributed by atoms with van der Waals surface area (Å²) in [6.07, 6.45) is 2.65. The van der Waals surface area contributed by atoms with Gasteiger partial charge in [-0.2, -0.15) is 0 Å². The third-order valence-electron chi connectivity index (χ3n) is 5.81. The number of hydrogen-bond donors (Lipinski definition) is 0. The van der Waals surface area contributed by atoms with E-state index in [1.165, 1.54) is 56.7 Å². The van der Waals surface area contributed by atoms with Gasteiger partial charge in [-0.15, -0.1) is 0 Å². The fourth-order valence-corrected chi connectivity index (χ4v) is 4.61. The molecule has 0 aliphatic heterocycles. The second-order valence-corrected chi connectivity index (χ2v) is 8.46. The molecule has 0 saturated heterocycles. The van der Waals surface area contributed by atoms with Crippen LogP contribution in [-0.4, -0.2) is 4.57 Å². The number of rotatable bonds is 2. The molecule has 5 aromatic rings. The van der Waals surface area contributed by atoms with Crippen molar-refractivity contribution >= 4 is 48.5 Å². The van der Waals surface area contributed by atoms with Gasteiger partial charge in [-0.05, 0) is 71.5 Å². The highest BCUT2D eigenvalue weighted by Crippen LogP contribution is 2.43. The third kappa shape index (κ3) is 2.36.